The van der Waals surface area contributed by atoms with Crippen LogP contribution in [0.1, 0.15) is 23.2 Å². The average molecular weight is 258 g/mol. The van der Waals surface area contributed by atoms with E-state index >= 15 is 0 Å². The molecule has 5 nitrogen and oxygen atoms in total. The number of carbonyl (C=O) groups excluding carboxylic acids is 1. The first kappa shape index (κ1) is 12.2. The number of hydrogen-bond donors (Lipinski definition) is 2. The maximum Gasteiger partial charge on any atom is 0.251 e. The van der Waals surface area contributed by atoms with Crippen LogP contribution in [-0.2, 0) is 7.05 Å². The number of benzene rings is 1. The van der Waals surface area contributed by atoms with Gasteiger partial charge in [0.25, 0.3) is 5.91 Å². The van der Waals surface area contributed by atoms with Crippen LogP contribution in [0.4, 0.5) is 0 Å². The Balaban J connectivity index is 1.78. The van der Waals surface area contributed by atoms with Crippen LogP contribution >= 0.6 is 0 Å². The molecule has 2 heterocycles. The van der Waals surface area contributed by atoms with Gasteiger partial charge in [-0.2, -0.15) is 0 Å². The van der Waals surface area contributed by atoms with E-state index in [4.69, 9.17) is 0 Å². The van der Waals surface area contributed by atoms with Crippen molar-refractivity contribution in [3.05, 3.63) is 30.1 Å². The van der Waals surface area contributed by atoms with Gasteiger partial charge in [-0.15, -0.1) is 0 Å². The second-order valence-corrected chi connectivity index (χ2v) is 5.06. The van der Waals surface area contributed by atoms with Gasteiger partial charge in [-0.3, -0.25) is 4.79 Å². The number of imidazole rings is 1. The summed E-state index contributed by atoms with van der Waals surface area (Å²) in [6.45, 7) is 1.96. The molecule has 0 unspecified atom stereocenters. The van der Waals surface area contributed by atoms with Crippen molar-refractivity contribution in [2.75, 3.05) is 13.1 Å². The molecule has 0 atom stereocenters. The summed E-state index contributed by atoms with van der Waals surface area (Å²) in [6.07, 6.45) is 3.76. The minimum atomic E-state index is 0.00926. The standard InChI is InChI=1S/C14H18N4O/c1-18-9-16-12-3-2-10(8-13(12)18)14(19)17-11-4-6-15-7-5-11/h2-3,8-9,11,15H,4-7H2,1H3,(H,17,19). The van der Waals surface area contributed by atoms with E-state index in [2.05, 4.69) is 15.6 Å². The molecule has 1 aromatic heterocycles. The highest BCUT2D eigenvalue weighted by molar-refractivity contribution is 5.97. The minimum Gasteiger partial charge on any atom is -0.349 e. The van der Waals surface area contributed by atoms with Gasteiger partial charge in [-0.05, 0) is 44.1 Å². The van der Waals surface area contributed by atoms with E-state index in [9.17, 15) is 4.79 Å². The second-order valence-electron chi connectivity index (χ2n) is 5.06. The number of piperidine rings is 1. The molecule has 2 N–H and O–H groups in total. The van der Waals surface area contributed by atoms with E-state index in [0.717, 1.165) is 37.0 Å². The number of carbonyl (C=O) groups is 1. The molecule has 1 aromatic carbocycles. The highest BCUT2D eigenvalue weighted by Crippen LogP contribution is 2.14. The van der Waals surface area contributed by atoms with Crippen molar-refractivity contribution in [3.63, 3.8) is 0 Å². The first-order valence-electron chi connectivity index (χ1n) is 6.67. The summed E-state index contributed by atoms with van der Waals surface area (Å²) in [5.74, 6) is 0.00926. The molecule has 19 heavy (non-hydrogen) atoms. The number of nitrogens with zero attached hydrogens (tertiary/aromatic N) is 2. The molecule has 1 amide bonds. The van der Waals surface area contributed by atoms with Crippen LogP contribution in [0.5, 0.6) is 0 Å². The second kappa shape index (κ2) is 5.01. The third kappa shape index (κ3) is 2.46. The van der Waals surface area contributed by atoms with Crippen LogP contribution in [0.15, 0.2) is 24.5 Å². The monoisotopic (exact) mass is 258 g/mol. The van der Waals surface area contributed by atoms with Crippen LogP contribution in [-0.4, -0.2) is 34.6 Å². The molecule has 5 heteroatoms. The molecular formula is C14H18N4O. The van der Waals surface area contributed by atoms with E-state index in [1.54, 1.807) is 6.33 Å². The van der Waals surface area contributed by atoms with E-state index in [1.807, 2.05) is 29.8 Å². The molecule has 2 aromatic rings. The van der Waals surface area contributed by atoms with E-state index in [-0.39, 0.29) is 11.9 Å². The van der Waals surface area contributed by atoms with Gasteiger partial charge < -0.3 is 15.2 Å². The van der Waals surface area contributed by atoms with Crippen molar-refractivity contribution >= 4 is 16.9 Å². The molecule has 1 saturated heterocycles. The number of aromatic nitrogens is 2. The zero-order chi connectivity index (χ0) is 13.2. The normalized spacial score (nSPS) is 16.7. The van der Waals surface area contributed by atoms with E-state index in [1.165, 1.54) is 0 Å². The summed E-state index contributed by atoms with van der Waals surface area (Å²) in [5, 5.41) is 6.40. The summed E-state index contributed by atoms with van der Waals surface area (Å²) in [6, 6.07) is 5.92. The maximum absolute atomic E-state index is 12.2. The van der Waals surface area contributed by atoms with Crippen LogP contribution < -0.4 is 10.6 Å². The summed E-state index contributed by atoms with van der Waals surface area (Å²) in [5.41, 5.74) is 2.61. The fourth-order valence-corrected chi connectivity index (χ4v) is 2.50. The number of hydrogen-bond acceptors (Lipinski definition) is 3. The van der Waals surface area contributed by atoms with Crippen molar-refractivity contribution < 1.29 is 4.79 Å². The molecule has 0 aliphatic carbocycles. The fraction of sp³-hybridized carbons (Fsp3) is 0.429. The summed E-state index contributed by atoms with van der Waals surface area (Å²) >= 11 is 0. The van der Waals surface area contributed by atoms with Crippen LogP contribution in [0.2, 0.25) is 0 Å². The fourth-order valence-electron chi connectivity index (χ4n) is 2.50. The topological polar surface area (TPSA) is 59.0 Å². The number of fused-ring (bicyclic) bond motifs is 1. The van der Waals surface area contributed by atoms with Gasteiger partial charge in [0.1, 0.15) is 0 Å². The highest BCUT2D eigenvalue weighted by Gasteiger charge is 2.16. The Bertz CT molecular complexity index is 599. The van der Waals surface area contributed by atoms with Gasteiger partial charge in [-0.25, -0.2) is 4.98 Å². The molecule has 1 aliphatic rings. The first-order chi connectivity index (χ1) is 9.24. The zero-order valence-corrected chi connectivity index (χ0v) is 11.0. The Morgan fingerprint density at radius 2 is 2.21 bits per heavy atom. The Morgan fingerprint density at radius 3 is 3.00 bits per heavy atom. The Kier molecular flexibility index (Phi) is 3.21. The lowest BCUT2D eigenvalue weighted by Gasteiger charge is -2.23. The number of amides is 1. The maximum atomic E-state index is 12.2. The van der Waals surface area contributed by atoms with Crippen molar-refractivity contribution in [3.8, 4) is 0 Å². The van der Waals surface area contributed by atoms with Crippen LogP contribution in [0.25, 0.3) is 11.0 Å². The molecule has 100 valence electrons. The molecule has 3 rings (SSSR count). The first-order valence-corrected chi connectivity index (χ1v) is 6.67. The number of aryl methyl sites for hydroxylation is 1. The molecule has 0 bridgehead atoms. The Hall–Kier alpha value is -1.88. The minimum absolute atomic E-state index is 0.00926. The number of nitrogens with one attached hydrogen (secondary N) is 2. The predicted octanol–water partition coefficient (Wildman–Crippen LogP) is 1.06. The van der Waals surface area contributed by atoms with Crippen molar-refractivity contribution in [2.24, 2.45) is 7.05 Å². The predicted molar refractivity (Wildman–Crippen MR) is 74.1 cm³/mol. The third-order valence-electron chi connectivity index (χ3n) is 3.66. The smallest absolute Gasteiger partial charge is 0.251 e. The quantitative estimate of drug-likeness (QED) is 0.846. The van der Waals surface area contributed by atoms with E-state index < -0.39 is 0 Å². The van der Waals surface area contributed by atoms with Gasteiger partial charge >= 0.3 is 0 Å². The van der Waals surface area contributed by atoms with Gasteiger partial charge in [-0.1, -0.05) is 0 Å². The van der Waals surface area contributed by atoms with Crippen molar-refractivity contribution in [1.82, 2.24) is 20.2 Å². The molecule has 1 aliphatic heterocycles. The SMILES string of the molecule is Cn1cnc2ccc(C(=O)NC3CCNCC3)cc21. The third-order valence-corrected chi connectivity index (χ3v) is 3.66. The summed E-state index contributed by atoms with van der Waals surface area (Å²) in [7, 11) is 1.93. The van der Waals surface area contributed by atoms with Gasteiger partial charge in [0.2, 0.25) is 0 Å². The Morgan fingerprint density at radius 1 is 1.42 bits per heavy atom. The average Bonchev–Trinajstić information content (AvgIpc) is 2.81. The van der Waals surface area contributed by atoms with Gasteiger partial charge in [0.15, 0.2) is 0 Å². The molecule has 0 radical (unpaired) electrons. The molecule has 1 fully saturated rings. The van der Waals surface area contributed by atoms with E-state index in [0.29, 0.717) is 5.56 Å². The summed E-state index contributed by atoms with van der Waals surface area (Å²) in [4.78, 5) is 16.5. The van der Waals surface area contributed by atoms with Gasteiger partial charge in [0.05, 0.1) is 17.4 Å². The Labute approximate surface area is 112 Å². The summed E-state index contributed by atoms with van der Waals surface area (Å²) < 4.78 is 1.93. The van der Waals surface area contributed by atoms with Crippen LogP contribution in [0, 0.1) is 0 Å². The van der Waals surface area contributed by atoms with Crippen LogP contribution in [0.3, 0.4) is 0 Å². The zero-order valence-electron chi connectivity index (χ0n) is 11.0. The number of rotatable bonds is 2. The van der Waals surface area contributed by atoms with Crippen molar-refractivity contribution in [2.45, 2.75) is 18.9 Å². The molecule has 0 spiro atoms. The van der Waals surface area contributed by atoms with Gasteiger partial charge in [0, 0.05) is 18.7 Å². The highest BCUT2D eigenvalue weighted by atomic mass is 16.1. The molecular weight excluding hydrogens is 240 g/mol. The lowest BCUT2D eigenvalue weighted by atomic mass is 10.1. The lowest BCUT2D eigenvalue weighted by Crippen LogP contribution is -2.42. The van der Waals surface area contributed by atoms with Crippen molar-refractivity contribution in [1.29, 1.82) is 0 Å². The molecule has 0 saturated carbocycles. The largest absolute Gasteiger partial charge is 0.349 e. The lowest BCUT2D eigenvalue weighted by molar-refractivity contribution is 0.0929.